The average Bonchev–Trinajstić information content (AvgIpc) is 3.32. The number of anilines is 2. The maximum absolute atomic E-state index is 12.5. The van der Waals surface area contributed by atoms with Gasteiger partial charge in [0, 0.05) is 17.3 Å². The van der Waals surface area contributed by atoms with Gasteiger partial charge in [-0.05, 0) is 48.9 Å². The Morgan fingerprint density at radius 2 is 1.88 bits per heavy atom. The van der Waals surface area contributed by atoms with Gasteiger partial charge in [0.25, 0.3) is 5.91 Å². The first-order valence-corrected chi connectivity index (χ1v) is 8.12. The lowest BCUT2D eigenvalue weighted by molar-refractivity contribution is -0.120. The van der Waals surface area contributed by atoms with Crippen LogP contribution in [0.1, 0.15) is 23.2 Å². The lowest BCUT2D eigenvalue weighted by Gasteiger charge is -2.17. The first-order valence-electron chi connectivity index (χ1n) is 8.12. The summed E-state index contributed by atoms with van der Waals surface area (Å²) in [7, 11) is 0. The second-order valence-corrected chi connectivity index (χ2v) is 6.42. The maximum atomic E-state index is 12.5. The van der Waals surface area contributed by atoms with Crippen LogP contribution in [0, 0.1) is 17.8 Å². The van der Waals surface area contributed by atoms with E-state index in [1.54, 1.807) is 24.3 Å². The van der Waals surface area contributed by atoms with Crippen LogP contribution in [0.2, 0.25) is 0 Å². The number of amides is 2. The van der Waals surface area contributed by atoms with Gasteiger partial charge in [-0.15, -0.1) is 0 Å². The predicted molar refractivity (Wildman–Crippen MR) is 90.6 cm³/mol. The van der Waals surface area contributed by atoms with Gasteiger partial charge in [-0.2, -0.15) is 0 Å². The number of fused-ring (bicyclic) bond motifs is 2. The van der Waals surface area contributed by atoms with Crippen molar-refractivity contribution in [3.8, 4) is 0 Å². The highest BCUT2D eigenvalue weighted by Gasteiger charge is 2.39. The molecular formula is C19H18N2O3. The zero-order chi connectivity index (χ0) is 16.5. The molecule has 5 heteroatoms. The zero-order valence-corrected chi connectivity index (χ0v) is 13.1. The summed E-state index contributed by atoms with van der Waals surface area (Å²) in [6.45, 7) is 0. The summed E-state index contributed by atoms with van der Waals surface area (Å²) in [5.41, 5.74) is 1.78. The van der Waals surface area contributed by atoms with Crippen molar-refractivity contribution in [2.45, 2.75) is 12.8 Å². The summed E-state index contributed by atoms with van der Waals surface area (Å²) in [6.07, 6.45) is 9.27. The van der Waals surface area contributed by atoms with Gasteiger partial charge < -0.3 is 15.1 Å². The lowest BCUT2D eigenvalue weighted by Crippen LogP contribution is -2.25. The molecule has 1 aromatic carbocycles. The maximum Gasteiger partial charge on any atom is 0.258 e. The molecule has 0 saturated heterocycles. The summed E-state index contributed by atoms with van der Waals surface area (Å²) < 4.78 is 4.91. The number of rotatable bonds is 4. The van der Waals surface area contributed by atoms with Crippen LogP contribution in [-0.2, 0) is 4.79 Å². The predicted octanol–water partition coefficient (Wildman–Crippen LogP) is 3.68. The first kappa shape index (κ1) is 14.8. The smallest absolute Gasteiger partial charge is 0.258 e. The van der Waals surface area contributed by atoms with Crippen LogP contribution in [0.4, 0.5) is 11.4 Å². The number of benzene rings is 1. The van der Waals surface area contributed by atoms with Crippen molar-refractivity contribution in [3.05, 3.63) is 60.6 Å². The van der Waals surface area contributed by atoms with Crippen LogP contribution < -0.4 is 10.6 Å². The summed E-state index contributed by atoms with van der Waals surface area (Å²) in [4.78, 5) is 24.5. The molecule has 2 aromatic rings. The number of allylic oxidation sites excluding steroid dienone is 2. The highest BCUT2D eigenvalue weighted by molar-refractivity contribution is 6.04. The van der Waals surface area contributed by atoms with Crippen LogP contribution in [0.5, 0.6) is 0 Å². The molecule has 0 aliphatic heterocycles. The molecular weight excluding hydrogens is 304 g/mol. The third-order valence-electron chi connectivity index (χ3n) is 4.79. The Balaban J connectivity index is 1.42. The van der Waals surface area contributed by atoms with Crippen molar-refractivity contribution in [2.24, 2.45) is 17.8 Å². The lowest BCUT2D eigenvalue weighted by atomic mass is 9.93. The van der Waals surface area contributed by atoms with Crippen LogP contribution >= 0.6 is 0 Å². The normalized spacial score (nSPS) is 24.1. The molecule has 0 radical (unpaired) electrons. The van der Waals surface area contributed by atoms with E-state index in [1.807, 2.05) is 6.07 Å². The van der Waals surface area contributed by atoms with Crippen molar-refractivity contribution in [1.29, 1.82) is 0 Å². The van der Waals surface area contributed by atoms with Gasteiger partial charge in [0.15, 0.2) is 0 Å². The molecule has 1 aromatic heterocycles. The molecule has 3 atom stereocenters. The number of carbonyl (C=O) groups excluding carboxylic acids is 2. The summed E-state index contributed by atoms with van der Waals surface area (Å²) in [5, 5.41) is 5.77. The monoisotopic (exact) mass is 322 g/mol. The largest absolute Gasteiger partial charge is 0.472 e. The molecule has 5 nitrogen and oxygen atoms in total. The van der Waals surface area contributed by atoms with Crippen LogP contribution in [0.3, 0.4) is 0 Å². The Labute approximate surface area is 139 Å². The summed E-state index contributed by atoms with van der Waals surface area (Å²) in [5.74, 6) is 0.810. The Morgan fingerprint density at radius 1 is 1.04 bits per heavy atom. The molecule has 2 bridgehead atoms. The number of hydrogen-bond donors (Lipinski definition) is 2. The van der Waals surface area contributed by atoms with Crippen molar-refractivity contribution >= 4 is 23.2 Å². The fourth-order valence-electron chi connectivity index (χ4n) is 3.59. The summed E-state index contributed by atoms with van der Waals surface area (Å²) in [6, 6.07) is 8.78. The number of hydrogen-bond acceptors (Lipinski definition) is 3. The zero-order valence-electron chi connectivity index (χ0n) is 13.1. The van der Waals surface area contributed by atoms with Gasteiger partial charge >= 0.3 is 0 Å². The van der Waals surface area contributed by atoms with E-state index in [-0.39, 0.29) is 17.7 Å². The van der Waals surface area contributed by atoms with Gasteiger partial charge in [0.2, 0.25) is 5.91 Å². The van der Waals surface area contributed by atoms with E-state index in [0.29, 0.717) is 28.8 Å². The van der Waals surface area contributed by atoms with Gasteiger partial charge in [-0.3, -0.25) is 9.59 Å². The van der Waals surface area contributed by atoms with E-state index in [9.17, 15) is 9.59 Å². The Hall–Kier alpha value is -2.82. The molecule has 1 fully saturated rings. The highest BCUT2D eigenvalue weighted by atomic mass is 16.3. The van der Waals surface area contributed by atoms with E-state index in [0.717, 1.165) is 12.8 Å². The molecule has 122 valence electrons. The number of carbonyl (C=O) groups is 2. The topological polar surface area (TPSA) is 71.3 Å². The highest BCUT2D eigenvalue weighted by Crippen LogP contribution is 2.43. The molecule has 1 heterocycles. The van der Waals surface area contributed by atoms with Crippen LogP contribution in [-0.4, -0.2) is 11.8 Å². The second kappa shape index (κ2) is 6.00. The van der Waals surface area contributed by atoms with Crippen molar-refractivity contribution < 1.29 is 14.0 Å². The first-order chi connectivity index (χ1) is 11.7. The number of furan rings is 1. The molecule has 24 heavy (non-hydrogen) atoms. The van der Waals surface area contributed by atoms with E-state index >= 15 is 0 Å². The fourth-order valence-corrected chi connectivity index (χ4v) is 3.59. The van der Waals surface area contributed by atoms with E-state index < -0.39 is 0 Å². The molecule has 2 amide bonds. The van der Waals surface area contributed by atoms with Gasteiger partial charge in [0.05, 0.1) is 11.8 Å². The molecule has 0 unspecified atom stereocenters. The minimum atomic E-state index is -0.245. The molecule has 2 N–H and O–H groups in total. The summed E-state index contributed by atoms with van der Waals surface area (Å²) >= 11 is 0. The molecule has 2 aliphatic carbocycles. The van der Waals surface area contributed by atoms with Gasteiger partial charge in [-0.25, -0.2) is 0 Å². The Kier molecular flexibility index (Phi) is 3.69. The Bertz CT molecular complexity index is 795. The third-order valence-corrected chi connectivity index (χ3v) is 4.79. The third kappa shape index (κ3) is 2.85. The SMILES string of the molecule is O=C(Nc1cccc(NC(=O)[C@H]2C[C@H]3C=C[C@H]2C3)c1)c1ccoc1. The Morgan fingerprint density at radius 3 is 2.54 bits per heavy atom. The standard InChI is InChI=1S/C19H18N2O3/c22-18(14-6-7-24-11-14)20-15-2-1-3-16(10-15)21-19(23)17-9-12-4-5-13(17)8-12/h1-7,10-13,17H,8-9H2,(H,20,22)(H,21,23)/t12-,13-,17-/m0/s1. The molecule has 0 spiro atoms. The average molecular weight is 322 g/mol. The van der Waals surface area contributed by atoms with Crippen molar-refractivity contribution in [3.63, 3.8) is 0 Å². The van der Waals surface area contributed by atoms with Gasteiger partial charge in [0.1, 0.15) is 6.26 Å². The van der Waals surface area contributed by atoms with Crippen LogP contribution in [0.25, 0.3) is 0 Å². The quantitative estimate of drug-likeness (QED) is 0.843. The van der Waals surface area contributed by atoms with Gasteiger partial charge in [-0.1, -0.05) is 18.2 Å². The van der Waals surface area contributed by atoms with E-state index in [4.69, 9.17) is 4.42 Å². The minimum absolute atomic E-state index is 0.0594. The van der Waals surface area contributed by atoms with Crippen molar-refractivity contribution in [2.75, 3.05) is 10.6 Å². The molecule has 1 saturated carbocycles. The second-order valence-electron chi connectivity index (χ2n) is 6.42. The van der Waals surface area contributed by atoms with E-state index in [1.165, 1.54) is 12.5 Å². The fraction of sp³-hybridized carbons (Fsp3) is 0.263. The van der Waals surface area contributed by atoms with Crippen molar-refractivity contribution in [1.82, 2.24) is 0 Å². The van der Waals surface area contributed by atoms with E-state index in [2.05, 4.69) is 22.8 Å². The number of nitrogens with one attached hydrogen (secondary N) is 2. The molecule has 2 aliphatic rings. The molecule has 4 rings (SSSR count). The minimum Gasteiger partial charge on any atom is -0.472 e. The van der Waals surface area contributed by atoms with Crippen LogP contribution in [0.15, 0.2) is 59.4 Å².